The van der Waals surface area contributed by atoms with Crippen LogP contribution < -0.4 is 0 Å². The maximum Gasteiger partial charge on any atom is 0.549 e. The largest absolute Gasteiger partial charge is 0.549 e. The van der Waals surface area contributed by atoms with Gasteiger partial charge in [-0.05, 0) is 0 Å². The molecule has 0 aromatic rings. The van der Waals surface area contributed by atoms with Crippen molar-refractivity contribution in [3.8, 4) is 0 Å². The van der Waals surface area contributed by atoms with Gasteiger partial charge in [0.2, 0.25) is 0 Å². The first-order valence-corrected chi connectivity index (χ1v) is 1.22. The van der Waals surface area contributed by atoms with E-state index in [0.717, 1.165) is 0 Å². The second-order valence-electron chi connectivity index (χ2n) is 0.0833. The van der Waals surface area contributed by atoms with Crippen molar-refractivity contribution in [3.05, 3.63) is 0 Å². The maximum atomic E-state index is 8.40. The van der Waals surface area contributed by atoms with Crippen molar-refractivity contribution in [1.82, 2.24) is 0 Å². The van der Waals surface area contributed by atoms with E-state index in [1.807, 2.05) is 0 Å². The summed E-state index contributed by atoms with van der Waals surface area (Å²) in [4.78, 5) is 0. The maximum absolute atomic E-state index is 8.40. The van der Waals surface area contributed by atoms with Gasteiger partial charge in [-0.3, -0.25) is 8.92 Å². The normalized spacial score (nSPS) is 2.00. The Morgan fingerprint density at radius 1 is 1.25 bits per heavy atom. The van der Waals surface area contributed by atoms with E-state index in [9.17, 15) is 0 Å². The van der Waals surface area contributed by atoms with Crippen molar-refractivity contribution in [3.63, 3.8) is 0 Å². The zero-order valence-electron chi connectivity index (χ0n) is 1.76. The molecule has 2 nitrogen and oxygen atoms in total. The Kier molecular flexibility index (Phi) is 22.2. The van der Waals surface area contributed by atoms with Crippen LogP contribution in [0.3, 0.4) is 0 Å². The zero-order chi connectivity index (χ0) is 2.71. The Morgan fingerprint density at radius 3 is 1.25 bits per heavy atom. The Labute approximate surface area is 36.8 Å². The molecule has 0 heterocycles. The molecule has 21 valence electrons. The Bertz CT molecular complexity index is 27.0. The van der Waals surface area contributed by atoms with Crippen LogP contribution in [0.4, 0.5) is 0 Å². The standard InChI is InChI=1S/As.O2Si/c;1-3-2. The second-order valence-corrected chi connectivity index (χ2v) is 0.250. The van der Waals surface area contributed by atoms with Gasteiger partial charge >= 0.3 is 9.29 Å². The second kappa shape index (κ2) is 10.1. The molecule has 0 aliphatic carbocycles. The first-order valence-electron chi connectivity index (χ1n) is 0.408. The van der Waals surface area contributed by atoms with Gasteiger partial charge < -0.3 is 0 Å². The molecule has 0 bridgehead atoms. The van der Waals surface area contributed by atoms with Gasteiger partial charge in [0.25, 0.3) is 0 Å². The van der Waals surface area contributed by atoms with Crippen molar-refractivity contribution < 1.29 is 8.92 Å². The van der Waals surface area contributed by atoms with Crippen molar-refractivity contribution in [1.29, 1.82) is 0 Å². The predicted molar refractivity (Wildman–Crippen MR) is 12.9 cm³/mol. The summed E-state index contributed by atoms with van der Waals surface area (Å²) in [7, 11) is -1.42. The molecule has 0 aromatic heterocycles. The smallest absolute Gasteiger partial charge is 0.274 e. The van der Waals surface area contributed by atoms with Crippen LogP contribution in [0, 0.1) is 0 Å². The van der Waals surface area contributed by atoms with Crippen LogP contribution in [-0.4, -0.2) is 27.2 Å². The van der Waals surface area contributed by atoms with Crippen molar-refractivity contribution in [2.24, 2.45) is 0 Å². The topological polar surface area (TPSA) is 34.1 Å². The molecule has 0 amide bonds. The van der Waals surface area contributed by atoms with Crippen LogP contribution in [0.25, 0.3) is 0 Å². The molecule has 0 atom stereocenters. The minimum absolute atomic E-state index is 0. The van der Waals surface area contributed by atoms with E-state index >= 15 is 0 Å². The van der Waals surface area contributed by atoms with Gasteiger partial charge in [0.1, 0.15) is 0 Å². The molecule has 0 spiro atoms. The Hall–Kier alpha value is 0.375. The molecule has 0 aliphatic rings. The number of hydrogen-bond donors (Lipinski definition) is 0. The number of hydrogen-bond acceptors (Lipinski definition) is 2. The fraction of sp³-hybridized carbons (Fsp3) is 0. The van der Waals surface area contributed by atoms with Crippen LogP contribution in [0.1, 0.15) is 0 Å². The molecular weight excluding hydrogens is 135 g/mol. The van der Waals surface area contributed by atoms with Gasteiger partial charge in [-0.2, -0.15) is 0 Å². The van der Waals surface area contributed by atoms with Gasteiger partial charge in [0.05, 0.1) is 0 Å². The quantitative estimate of drug-likeness (QED) is 0.399. The van der Waals surface area contributed by atoms with Crippen molar-refractivity contribution in [2.75, 3.05) is 0 Å². The molecular formula is AsO2Si. The summed E-state index contributed by atoms with van der Waals surface area (Å²) in [6.45, 7) is 0. The summed E-state index contributed by atoms with van der Waals surface area (Å²) in [6.07, 6.45) is 0. The minimum atomic E-state index is -1.42. The molecule has 0 saturated heterocycles. The third-order valence-corrected chi connectivity index (χ3v) is 0. The summed E-state index contributed by atoms with van der Waals surface area (Å²) >= 11 is 0. The molecule has 0 aromatic carbocycles. The summed E-state index contributed by atoms with van der Waals surface area (Å²) in [6, 6.07) is 0. The molecule has 0 aliphatic heterocycles. The van der Waals surface area contributed by atoms with Crippen LogP contribution >= 0.6 is 0 Å². The van der Waals surface area contributed by atoms with Crippen molar-refractivity contribution >= 4 is 27.2 Å². The van der Waals surface area contributed by atoms with E-state index in [2.05, 4.69) is 0 Å². The van der Waals surface area contributed by atoms with Crippen LogP contribution in [0.15, 0.2) is 0 Å². The molecule has 4 heteroatoms. The first kappa shape index (κ1) is 8.83. The SMILES string of the molecule is O=[Si]=O.[As]. The fourth-order valence-electron chi connectivity index (χ4n) is 0. The molecule has 0 N–H and O–H groups in total. The fourth-order valence-corrected chi connectivity index (χ4v) is 0. The third-order valence-electron chi connectivity index (χ3n) is 0. The monoisotopic (exact) mass is 135 g/mol. The van der Waals surface area contributed by atoms with Crippen LogP contribution in [-0.2, 0) is 8.92 Å². The van der Waals surface area contributed by atoms with E-state index in [4.69, 9.17) is 8.92 Å². The van der Waals surface area contributed by atoms with E-state index < -0.39 is 9.29 Å². The average molecular weight is 135 g/mol. The molecule has 0 fully saturated rings. The molecule has 0 unspecified atom stereocenters. The van der Waals surface area contributed by atoms with E-state index in [0.29, 0.717) is 0 Å². The molecule has 0 rings (SSSR count). The minimum Gasteiger partial charge on any atom is -0.274 e. The average Bonchev–Trinajstić information content (AvgIpc) is 0.918. The zero-order valence-corrected chi connectivity index (χ0v) is 4.64. The first-order chi connectivity index (χ1) is 1.41. The van der Waals surface area contributed by atoms with E-state index in [1.165, 1.54) is 0 Å². The molecule has 4 heavy (non-hydrogen) atoms. The van der Waals surface area contributed by atoms with Crippen molar-refractivity contribution in [2.45, 2.75) is 0 Å². The summed E-state index contributed by atoms with van der Waals surface area (Å²) in [5.74, 6) is 0. The summed E-state index contributed by atoms with van der Waals surface area (Å²) in [5, 5.41) is 0. The van der Waals surface area contributed by atoms with Gasteiger partial charge in [0, 0.05) is 18.0 Å². The van der Waals surface area contributed by atoms with Gasteiger partial charge in [0.15, 0.2) is 0 Å². The Morgan fingerprint density at radius 2 is 1.25 bits per heavy atom. The molecule has 0 saturated carbocycles. The number of rotatable bonds is 0. The van der Waals surface area contributed by atoms with Crippen LogP contribution in [0.5, 0.6) is 0 Å². The van der Waals surface area contributed by atoms with Gasteiger partial charge in [-0.15, -0.1) is 0 Å². The van der Waals surface area contributed by atoms with E-state index in [1.54, 1.807) is 0 Å². The molecule has 3 radical (unpaired) electrons. The summed E-state index contributed by atoms with van der Waals surface area (Å²) < 4.78 is 16.8. The van der Waals surface area contributed by atoms with E-state index in [-0.39, 0.29) is 18.0 Å². The predicted octanol–water partition coefficient (Wildman–Crippen LogP) is -0.999. The van der Waals surface area contributed by atoms with Gasteiger partial charge in [-0.25, -0.2) is 0 Å². The Balaban J connectivity index is 0. The van der Waals surface area contributed by atoms with Crippen LogP contribution in [0.2, 0.25) is 0 Å². The summed E-state index contributed by atoms with van der Waals surface area (Å²) in [5.41, 5.74) is 0. The third kappa shape index (κ3) is 31.9. The van der Waals surface area contributed by atoms with Gasteiger partial charge in [-0.1, -0.05) is 0 Å².